The van der Waals surface area contributed by atoms with Gasteiger partial charge in [-0.05, 0) is 102 Å². The highest BCUT2D eigenvalue weighted by Crippen LogP contribution is 2.62. The third kappa shape index (κ3) is 4.87. The minimum Gasteiger partial charge on any atom is -0.457 e. The molecule has 7 aromatic carbocycles. The Kier molecular flexibility index (Phi) is 7.38. The number of para-hydroxylation sites is 3. The second-order valence-electron chi connectivity index (χ2n) is 17.8. The van der Waals surface area contributed by atoms with Crippen LogP contribution in [0.1, 0.15) is 27.8 Å². The van der Waals surface area contributed by atoms with Crippen LogP contribution in [0.25, 0.3) is 98.7 Å². The molecule has 1 unspecified atom stereocenters. The van der Waals surface area contributed by atoms with Gasteiger partial charge < -0.3 is 18.4 Å². The van der Waals surface area contributed by atoms with Crippen molar-refractivity contribution in [1.82, 2.24) is 28.7 Å². The summed E-state index contributed by atoms with van der Waals surface area (Å²) in [4.78, 5) is 18.7. The van der Waals surface area contributed by atoms with Gasteiger partial charge in [0.15, 0.2) is 5.69 Å². The van der Waals surface area contributed by atoms with Gasteiger partial charge in [-0.25, -0.2) is 4.85 Å². The Morgan fingerprint density at radius 1 is 0.464 bits per heavy atom. The standard InChI is InChI=1S/C60H32N8O/c1-62-36-17-22-53-44(28-36)41-10-3-6-14-51(41)68(53)39-30-49-59(65-33-39)58-48(12-8-25-64-58)60(49)46-11-4-7-15-56(46)69-57-31-38(18-20-47(57)60)67-54-23-19-37(29-45(54)42-24-26-63-34-55(42)67)66-50-13-5-2-9-40(50)43-27-35(32-61)16-21-52(43)66/h2-31,33-34H. The smallest absolute Gasteiger partial charge is 0.188 e. The van der Waals surface area contributed by atoms with Gasteiger partial charge in [0.05, 0.1) is 86.2 Å². The minimum absolute atomic E-state index is 0.602. The third-order valence-electron chi connectivity index (χ3n) is 14.5. The van der Waals surface area contributed by atoms with Crippen LogP contribution in [-0.4, -0.2) is 28.7 Å². The summed E-state index contributed by atoms with van der Waals surface area (Å²) in [6, 6.07) is 61.1. The van der Waals surface area contributed by atoms with Crippen molar-refractivity contribution < 1.29 is 4.74 Å². The topological polar surface area (TPSA) is 90.8 Å². The zero-order valence-electron chi connectivity index (χ0n) is 36.5. The summed E-state index contributed by atoms with van der Waals surface area (Å²) in [7, 11) is 0. The van der Waals surface area contributed by atoms with Gasteiger partial charge in [0, 0.05) is 73.5 Å². The maximum Gasteiger partial charge on any atom is 0.188 e. The molecule has 0 saturated carbocycles. The fourth-order valence-corrected chi connectivity index (χ4v) is 11.7. The van der Waals surface area contributed by atoms with Gasteiger partial charge in [-0.2, -0.15) is 5.26 Å². The van der Waals surface area contributed by atoms with E-state index in [1.165, 1.54) is 0 Å². The highest BCUT2D eigenvalue weighted by atomic mass is 16.5. The van der Waals surface area contributed by atoms with Crippen LogP contribution in [-0.2, 0) is 5.41 Å². The predicted octanol–water partition coefficient (Wildman–Crippen LogP) is 14.1. The number of pyridine rings is 3. The fraction of sp³-hybridized carbons (Fsp3) is 0.0167. The van der Waals surface area contributed by atoms with Gasteiger partial charge >= 0.3 is 0 Å². The molecule has 0 amide bonds. The summed E-state index contributed by atoms with van der Waals surface area (Å²) < 4.78 is 13.9. The number of rotatable bonds is 3. The summed E-state index contributed by atoms with van der Waals surface area (Å²) in [5.41, 5.74) is 15.2. The SMILES string of the molecule is [C-]#[N+]c1ccc2c(c1)c1ccccc1n2-c1cnc2c(c1)C1(c3ccccc3Oc3cc(-n4c5ccc(-n6c7ccccc7c7cc(C#N)ccc76)cc5c5ccncc54)ccc31)c1cccnc1-2. The molecule has 0 radical (unpaired) electrons. The number of nitriles is 1. The lowest BCUT2D eigenvalue weighted by molar-refractivity contribution is 0.436. The first kappa shape index (κ1) is 37.4. The summed E-state index contributed by atoms with van der Waals surface area (Å²) in [5, 5.41) is 16.2. The highest BCUT2D eigenvalue weighted by Gasteiger charge is 2.52. The number of hydrogen-bond donors (Lipinski definition) is 0. The van der Waals surface area contributed by atoms with Gasteiger partial charge in [-0.15, -0.1) is 0 Å². The van der Waals surface area contributed by atoms with Crippen molar-refractivity contribution in [1.29, 1.82) is 5.26 Å². The largest absolute Gasteiger partial charge is 0.457 e. The summed E-state index contributed by atoms with van der Waals surface area (Å²) in [6.45, 7) is 7.77. The predicted molar refractivity (Wildman–Crippen MR) is 271 cm³/mol. The Balaban J connectivity index is 0.950. The minimum atomic E-state index is -0.825. The van der Waals surface area contributed by atoms with Crippen molar-refractivity contribution in [2.75, 3.05) is 0 Å². The number of benzene rings is 7. The Morgan fingerprint density at radius 3 is 1.91 bits per heavy atom. The Hall–Kier alpha value is -9.83. The molecule has 1 atom stereocenters. The number of ether oxygens (including phenoxy) is 1. The van der Waals surface area contributed by atoms with Crippen molar-refractivity contribution >= 4 is 71.1 Å². The lowest BCUT2D eigenvalue weighted by Gasteiger charge is -2.39. The van der Waals surface area contributed by atoms with Crippen LogP contribution >= 0.6 is 0 Å². The second kappa shape index (κ2) is 13.6. The molecule has 0 saturated heterocycles. The molecule has 13 aromatic rings. The molecule has 1 spiro atoms. The Labute approximate surface area is 393 Å². The van der Waals surface area contributed by atoms with E-state index in [9.17, 15) is 5.26 Å². The maximum absolute atomic E-state index is 9.78. The monoisotopic (exact) mass is 880 g/mol. The van der Waals surface area contributed by atoms with E-state index in [1.54, 1.807) is 0 Å². The van der Waals surface area contributed by atoms with E-state index < -0.39 is 5.41 Å². The molecule has 1 aliphatic carbocycles. The van der Waals surface area contributed by atoms with Crippen LogP contribution in [0.5, 0.6) is 11.5 Å². The molecule has 318 valence electrons. The van der Waals surface area contributed by atoms with E-state index in [1.807, 2.05) is 79.4 Å². The molecule has 7 heterocycles. The molecule has 0 bridgehead atoms. The zero-order valence-corrected chi connectivity index (χ0v) is 36.5. The van der Waals surface area contributed by atoms with Crippen LogP contribution in [0.3, 0.4) is 0 Å². The number of nitrogens with zero attached hydrogens (tertiary/aromatic N) is 8. The van der Waals surface area contributed by atoms with E-state index in [0.717, 1.165) is 128 Å². The quantitative estimate of drug-likeness (QED) is 0.165. The maximum atomic E-state index is 9.78. The van der Waals surface area contributed by atoms with Gasteiger partial charge in [-0.3, -0.25) is 15.0 Å². The second-order valence-corrected chi connectivity index (χ2v) is 17.8. The molecule has 6 aromatic heterocycles. The van der Waals surface area contributed by atoms with Crippen molar-refractivity contribution in [3.05, 3.63) is 234 Å². The molecule has 1 aliphatic heterocycles. The summed E-state index contributed by atoms with van der Waals surface area (Å²) >= 11 is 0. The normalized spacial score (nSPS) is 14.5. The Morgan fingerprint density at radius 2 is 1.09 bits per heavy atom. The van der Waals surface area contributed by atoms with Crippen LogP contribution in [0.2, 0.25) is 0 Å². The molecular weight excluding hydrogens is 849 g/mol. The van der Waals surface area contributed by atoms with Gasteiger partial charge in [0.2, 0.25) is 0 Å². The van der Waals surface area contributed by atoms with Crippen molar-refractivity contribution in [3.8, 4) is 46.0 Å². The van der Waals surface area contributed by atoms with Gasteiger partial charge in [0.25, 0.3) is 0 Å². The van der Waals surface area contributed by atoms with Gasteiger partial charge in [0.1, 0.15) is 11.5 Å². The zero-order chi connectivity index (χ0) is 45.5. The molecule has 9 nitrogen and oxygen atoms in total. The van der Waals surface area contributed by atoms with Crippen LogP contribution < -0.4 is 4.74 Å². The number of hydrogen-bond acceptors (Lipinski definition) is 5. The number of aromatic nitrogens is 6. The van der Waals surface area contributed by atoms with Crippen LogP contribution in [0.4, 0.5) is 5.69 Å². The molecule has 15 rings (SSSR count). The highest BCUT2D eigenvalue weighted by molar-refractivity contribution is 6.13. The third-order valence-corrected chi connectivity index (χ3v) is 14.5. The fourth-order valence-electron chi connectivity index (χ4n) is 11.7. The van der Waals surface area contributed by atoms with Crippen molar-refractivity contribution in [3.63, 3.8) is 0 Å². The van der Waals surface area contributed by atoms with Crippen LogP contribution in [0, 0.1) is 17.9 Å². The molecule has 9 heteroatoms. The first-order valence-electron chi connectivity index (χ1n) is 22.7. The first-order valence-corrected chi connectivity index (χ1v) is 22.7. The van der Waals surface area contributed by atoms with E-state index in [0.29, 0.717) is 11.3 Å². The first-order chi connectivity index (χ1) is 34.1. The molecule has 0 N–H and O–H groups in total. The Bertz CT molecular complexity index is 4520. The lowest BCUT2D eigenvalue weighted by Crippen LogP contribution is -2.32. The van der Waals surface area contributed by atoms with E-state index >= 15 is 0 Å². The molecule has 2 aliphatic rings. The molecule has 69 heavy (non-hydrogen) atoms. The number of fused-ring (bicyclic) bond motifs is 18. The molecule has 0 fully saturated rings. The summed E-state index contributed by atoms with van der Waals surface area (Å²) in [5.74, 6) is 1.50. The van der Waals surface area contributed by atoms with E-state index in [4.69, 9.17) is 21.3 Å². The lowest BCUT2D eigenvalue weighted by atomic mass is 9.66. The van der Waals surface area contributed by atoms with Crippen molar-refractivity contribution in [2.45, 2.75) is 5.41 Å². The van der Waals surface area contributed by atoms with Crippen molar-refractivity contribution in [2.24, 2.45) is 0 Å². The average molecular weight is 881 g/mol. The van der Waals surface area contributed by atoms with Gasteiger partial charge in [-0.1, -0.05) is 72.8 Å². The molecular formula is C60H32N8O. The van der Waals surface area contributed by atoms with E-state index in [-0.39, 0.29) is 0 Å². The van der Waals surface area contributed by atoms with E-state index in [2.05, 4.69) is 145 Å². The average Bonchev–Trinajstić information content (AvgIpc) is 4.12. The summed E-state index contributed by atoms with van der Waals surface area (Å²) in [6.07, 6.45) is 7.60. The van der Waals surface area contributed by atoms with Crippen LogP contribution in [0.15, 0.2) is 195 Å².